The Morgan fingerprint density at radius 3 is 2.95 bits per heavy atom. The van der Waals surface area contributed by atoms with Crippen molar-refractivity contribution in [2.45, 2.75) is 25.9 Å². The average Bonchev–Trinajstić information content (AvgIpc) is 2.98. The molecule has 1 aliphatic heterocycles. The van der Waals surface area contributed by atoms with Crippen LogP contribution in [0.1, 0.15) is 18.2 Å². The Bertz CT molecular complexity index is 598. The summed E-state index contributed by atoms with van der Waals surface area (Å²) in [4.78, 5) is 0. The first-order valence-corrected chi connectivity index (χ1v) is 7.44. The summed E-state index contributed by atoms with van der Waals surface area (Å²) >= 11 is 6.23. The molecule has 21 heavy (non-hydrogen) atoms. The molecule has 2 heterocycles. The lowest BCUT2D eigenvalue weighted by atomic mass is 10.1. The summed E-state index contributed by atoms with van der Waals surface area (Å²) in [7, 11) is 0. The largest absolute Gasteiger partial charge is 0.486 e. The molecule has 2 aromatic rings. The molecule has 1 unspecified atom stereocenters. The van der Waals surface area contributed by atoms with Gasteiger partial charge in [0.25, 0.3) is 0 Å². The Labute approximate surface area is 129 Å². The van der Waals surface area contributed by atoms with Crippen molar-refractivity contribution in [3.8, 4) is 11.5 Å². The normalized spacial score (nSPS) is 15.0. The third kappa shape index (κ3) is 3.52. The zero-order chi connectivity index (χ0) is 14.7. The predicted octanol–water partition coefficient (Wildman–Crippen LogP) is 3.43. The van der Waals surface area contributed by atoms with Gasteiger partial charge in [-0.05, 0) is 36.8 Å². The fourth-order valence-electron chi connectivity index (χ4n) is 2.36. The summed E-state index contributed by atoms with van der Waals surface area (Å²) in [6.45, 7) is 3.96. The molecule has 0 saturated carbocycles. The third-order valence-corrected chi connectivity index (χ3v) is 3.68. The molecule has 0 radical (unpaired) electrons. The van der Waals surface area contributed by atoms with Crippen LogP contribution < -0.4 is 14.8 Å². The minimum absolute atomic E-state index is 0.308. The van der Waals surface area contributed by atoms with E-state index in [2.05, 4.69) is 12.2 Å². The van der Waals surface area contributed by atoms with Gasteiger partial charge in [0.05, 0.1) is 11.3 Å². The van der Waals surface area contributed by atoms with Crippen molar-refractivity contribution < 1.29 is 13.9 Å². The van der Waals surface area contributed by atoms with Gasteiger partial charge < -0.3 is 19.2 Å². The fourth-order valence-corrected chi connectivity index (χ4v) is 2.65. The molecule has 0 bridgehead atoms. The van der Waals surface area contributed by atoms with E-state index in [1.807, 2.05) is 24.3 Å². The highest BCUT2D eigenvalue weighted by Crippen LogP contribution is 2.38. The second-order valence-corrected chi connectivity index (χ2v) is 5.57. The van der Waals surface area contributed by atoms with Gasteiger partial charge in [-0.2, -0.15) is 0 Å². The first-order chi connectivity index (χ1) is 10.2. The highest BCUT2D eigenvalue weighted by Gasteiger charge is 2.16. The van der Waals surface area contributed by atoms with Crippen molar-refractivity contribution in [2.75, 3.05) is 13.2 Å². The van der Waals surface area contributed by atoms with Crippen LogP contribution in [-0.2, 0) is 13.0 Å². The maximum absolute atomic E-state index is 6.23. The van der Waals surface area contributed by atoms with Crippen LogP contribution in [0, 0.1) is 0 Å². The summed E-state index contributed by atoms with van der Waals surface area (Å²) in [5, 5.41) is 4.06. The van der Waals surface area contributed by atoms with Gasteiger partial charge in [-0.3, -0.25) is 0 Å². The summed E-state index contributed by atoms with van der Waals surface area (Å²) in [6, 6.07) is 8.10. The number of benzene rings is 1. The highest BCUT2D eigenvalue weighted by atomic mass is 35.5. The molecule has 5 heteroatoms. The predicted molar refractivity (Wildman–Crippen MR) is 81.2 cm³/mol. The minimum atomic E-state index is 0.308. The average molecular weight is 308 g/mol. The van der Waals surface area contributed by atoms with Crippen molar-refractivity contribution >= 4 is 11.6 Å². The smallest absolute Gasteiger partial charge is 0.179 e. The maximum Gasteiger partial charge on any atom is 0.179 e. The van der Waals surface area contributed by atoms with E-state index >= 15 is 0 Å². The first kappa shape index (κ1) is 14.3. The quantitative estimate of drug-likeness (QED) is 0.919. The molecule has 1 atom stereocenters. The Morgan fingerprint density at radius 1 is 1.29 bits per heavy atom. The van der Waals surface area contributed by atoms with Crippen LogP contribution in [0.25, 0.3) is 0 Å². The van der Waals surface area contributed by atoms with E-state index in [9.17, 15) is 0 Å². The van der Waals surface area contributed by atoms with Gasteiger partial charge in [0.1, 0.15) is 19.0 Å². The molecule has 4 nitrogen and oxygen atoms in total. The van der Waals surface area contributed by atoms with E-state index in [4.69, 9.17) is 25.5 Å². The molecule has 0 amide bonds. The molecule has 1 N–H and O–H groups in total. The van der Waals surface area contributed by atoms with Crippen molar-refractivity contribution in [3.05, 3.63) is 46.9 Å². The summed E-state index contributed by atoms with van der Waals surface area (Å²) in [6.07, 6.45) is 2.55. The summed E-state index contributed by atoms with van der Waals surface area (Å²) < 4.78 is 16.5. The van der Waals surface area contributed by atoms with Crippen molar-refractivity contribution in [3.63, 3.8) is 0 Å². The number of fused-ring (bicyclic) bond motifs is 1. The van der Waals surface area contributed by atoms with E-state index in [0.29, 0.717) is 30.0 Å². The van der Waals surface area contributed by atoms with E-state index in [0.717, 1.165) is 30.0 Å². The van der Waals surface area contributed by atoms with E-state index in [1.165, 1.54) is 0 Å². The topological polar surface area (TPSA) is 43.6 Å². The van der Waals surface area contributed by atoms with Gasteiger partial charge in [0.2, 0.25) is 0 Å². The Balaban J connectivity index is 1.61. The second kappa shape index (κ2) is 6.41. The van der Waals surface area contributed by atoms with Crippen LogP contribution >= 0.6 is 11.6 Å². The van der Waals surface area contributed by atoms with Crippen LogP contribution in [0.4, 0.5) is 0 Å². The van der Waals surface area contributed by atoms with Gasteiger partial charge in [0, 0.05) is 19.0 Å². The van der Waals surface area contributed by atoms with Crippen molar-refractivity contribution in [1.29, 1.82) is 0 Å². The first-order valence-electron chi connectivity index (χ1n) is 7.06. The summed E-state index contributed by atoms with van der Waals surface area (Å²) in [5.74, 6) is 2.36. The fraction of sp³-hybridized carbons (Fsp3) is 0.375. The number of hydrogen-bond acceptors (Lipinski definition) is 4. The molecule has 0 saturated heterocycles. The number of nitrogens with one attached hydrogen (secondary N) is 1. The third-order valence-electron chi connectivity index (χ3n) is 3.40. The molecule has 3 rings (SSSR count). The minimum Gasteiger partial charge on any atom is -0.486 e. The zero-order valence-electron chi connectivity index (χ0n) is 11.9. The molecular weight excluding hydrogens is 290 g/mol. The van der Waals surface area contributed by atoms with Gasteiger partial charge >= 0.3 is 0 Å². The Kier molecular flexibility index (Phi) is 4.36. The van der Waals surface area contributed by atoms with Crippen molar-refractivity contribution in [2.24, 2.45) is 0 Å². The van der Waals surface area contributed by atoms with Gasteiger partial charge in [-0.25, -0.2) is 0 Å². The molecule has 1 aromatic heterocycles. The molecule has 0 fully saturated rings. The van der Waals surface area contributed by atoms with Crippen LogP contribution in [0.5, 0.6) is 11.5 Å². The van der Waals surface area contributed by atoms with Gasteiger partial charge in [-0.15, -0.1) is 0 Å². The lowest BCUT2D eigenvalue weighted by Gasteiger charge is -2.21. The van der Waals surface area contributed by atoms with Crippen LogP contribution in [0.2, 0.25) is 5.02 Å². The Hall–Kier alpha value is -1.65. The van der Waals surface area contributed by atoms with Crippen LogP contribution in [-0.4, -0.2) is 19.3 Å². The van der Waals surface area contributed by atoms with E-state index in [1.54, 1.807) is 6.26 Å². The SMILES string of the molecule is CC(Cc1ccco1)NCc1cc(Cl)c2c(c1)OCCO2. The number of hydrogen-bond donors (Lipinski definition) is 1. The van der Waals surface area contributed by atoms with Gasteiger partial charge in [-0.1, -0.05) is 11.6 Å². The number of furan rings is 1. The van der Waals surface area contributed by atoms with Crippen molar-refractivity contribution in [1.82, 2.24) is 5.32 Å². The highest BCUT2D eigenvalue weighted by molar-refractivity contribution is 6.32. The van der Waals surface area contributed by atoms with E-state index in [-0.39, 0.29) is 0 Å². The Morgan fingerprint density at radius 2 is 2.14 bits per heavy atom. The molecule has 0 spiro atoms. The number of rotatable bonds is 5. The lowest BCUT2D eigenvalue weighted by Crippen LogP contribution is -2.27. The number of halogens is 1. The van der Waals surface area contributed by atoms with Crippen LogP contribution in [0.3, 0.4) is 0 Å². The maximum atomic E-state index is 6.23. The van der Waals surface area contributed by atoms with E-state index < -0.39 is 0 Å². The monoisotopic (exact) mass is 307 g/mol. The second-order valence-electron chi connectivity index (χ2n) is 5.17. The molecule has 112 valence electrons. The number of ether oxygens (including phenoxy) is 2. The van der Waals surface area contributed by atoms with Gasteiger partial charge in [0.15, 0.2) is 11.5 Å². The standard InChI is InChI=1S/C16H18ClNO3/c1-11(7-13-3-2-4-19-13)18-10-12-8-14(17)16-15(9-12)20-5-6-21-16/h2-4,8-9,11,18H,5-7,10H2,1H3. The molecular formula is C16H18ClNO3. The molecule has 1 aliphatic rings. The molecule has 1 aromatic carbocycles. The lowest BCUT2D eigenvalue weighted by molar-refractivity contribution is 0.171. The molecule has 0 aliphatic carbocycles. The zero-order valence-corrected chi connectivity index (χ0v) is 12.7. The summed E-state index contributed by atoms with van der Waals surface area (Å²) in [5.41, 5.74) is 1.08. The van der Waals surface area contributed by atoms with Crippen LogP contribution in [0.15, 0.2) is 34.9 Å².